The van der Waals surface area contributed by atoms with Gasteiger partial charge in [0.05, 0.1) is 34.8 Å². The van der Waals surface area contributed by atoms with Gasteiger partial charge < -0.3 is 19.7 Å². The average molecular weight is 718 g/mol. The number of para-hydroxylation sites is 1. The lowest BCUT2D eigenvalue weighted by Gasteiger charge is -2.52. The maximum atomic E-state index is 15.9. The first-order valence-electron chi connectivity index (χ1n) is 17.2. The predicted molar refractivity (Wildman–Crippen MR) is 183 cm³/mol. The van der Waals surface area contributed by atoms with Crippen LogP contribution in [0.2, 0.25) is 5.02 Å². The largest absolute Gasteiger partial charge is 0.481 e. The molecular weight excluding hydrogens is 675 g/mol. The summed E-state index contributed by atoms with van der Waals surface area (Å²) in [5.74, 6) is -4.55. The third-order valence-corrected chi connectivity index (χ3v) is 10.6. The van der Waals surface area contributed by atoms with Crippen LogP contribution < -0.4 is 5.32 Å². The Hall–Kier alpha value is -3.49. The number of likely N-dealkylation sites (tertiary alicyclic amines) is 1. The number of carbonyl (C=O) groups excluding carboxylic acids is 2. The Morgan fingerprint density at radius 3 is 2.32 bits per heavy atom. The molecule has 2 aromatic carbocycles. The lowest BCUT2D eigenvalue weighted by molar-refractivity contribution is -0.261. The Kier molecular flexibility index (Phi) is 11.2. The summed E-state index contributed by atoms with van der Waals surface area (Å²) in [4.78, 5) is 45.2. The molecule has 2 N–H and O–H groups in total. The number of aliphatic carboxylic acids is 1. The standard InChI is InChI=1S/C36H43ClF3N5O5/c1-42-21-27(26-6-2-3-7-31(26)42)34(47)41-30-20-29(38)24(18-28(30)37)19-32(46)36(44-12-4-5-13-44,45-16-14-43(15-17-45)22-33(39)40)50-25-10-8-23(9-11-25)35(48)49/h2-3,6-7,18,20-21,23,25,33H,4-5,8-17,19,22H2,1H3,(H,41,47)(H,48,49). The number of piperazine rings is 1. The van der Waals surface area contributed by atoms with Crippen LogP contribution in [0.4, 0.5) is 18.9 Å². The van der Waals surface area contributed by atoms with Crippen molar-refractivity contribution in [3.05, 3.63) is 64.6 Å². The van der Waals surface area contributed by atoms with Crippen molar-refractivity contribution < 1.29 is 37.4 Å². The zero-order chi connectivity index (χ0) is 35.6. The van der Waals surface area contributed by atoms with Gasteiger partial charge in [-0.05, 0) is 62.3 Å². The molecule has 50 heavy (non-hydrogen) atoms. The van der Waals surface area contributed by atoms with E-state index >= 15 is 4.39 Å². The first-order chi connectivity index (χ1) is 24.0. The minimum Gasteiger partial charge on any atom is -0.481 e. The molecule has 3 fully saturated rings. The molecule has 1 atom stereocenters. The van der Waals surface area contributed by atoms with Crippen molar-refractivity contribution in [1.82, 2.24) is 19.3 Å². The minimum absolute atomic E-state index is 0.0289. The highest BCUT2D eigenvalue weighted by molar-refractivity contribution is 6.34. The van der Waals surface area contributed by atoms with Crippen LogP contribution in [-0.2, 0) is 27.8 Å². The molecule has 3 aliphatic rings. The summed E-state index contributed by atoms with van der Waals surface area (Å²) in [5, 5.41) is 13.1. The first-order valence-corrected chi connectivity index (χ1v) is 17.6. The van der Waals surface area contributed by atoms with Gasteiger partial charge in [0.15, 0.2) is 5.78 Å². The predicted octanol–water partition coefficient (Wildman–Crippen LogP) is 5.63. The third-order valence-electron chi connectivity index (χ3n) is 10.3. The van der Waals surface area contributed by atoms with Gasteiger partial charge in [0, 0.05) is 69.8 Å². The van der Waals surface area contributed by atoms with Gasteiger partial charge in [-0.3, -0.25) is 29.1 Å². The van der Waals surface area contributed by atoms with Crippen molar-refractivity contribution in [3.8, 4) is 0 Å². The van der Waals surface area contributed by atoms with Crippen LogP contribution in [0.5, 0.6) is 0 Å². The smallest absolute Gasteiger partial charge is 0.306 e. The van der Waals surface area contributed by atoms with Crippen LogP contribution in [0.1, 0.15) is 54.4 Å². The molecule has 1 saturated carbocycles. The van der Waals surface area contributed by atoms with Crippen molar-refractivity contribution in [2.24, 2.45) is 13.0 Å². The molecule has 3 aromatic rings. The number of anilines is 1. The molecule has 1 aromatic heterocycles. The highest BCUT2D eigenvalue weighted by Crippen LogP contribution is 2.37. The van der Waals surface area contributed by atoms with Gasteiger partial charge in [-0.2, -0.15) is 0 Å². The number of hydrogen-bond acceptors (Lipinski definition) is 7. The van der Waals surface area contributed by atoms with Crippen LogP contribution in [-0.4, -0.2) is 106 Å². The number of Topliss-reactive ketones (excluding diaryl/α,β-unsaturated/α-hetero) is 1. The Balaban J connectivity index is 1.27. The summed E-state index contributed by atoms with van der Waals surface area (Å²) in [7, 11) is 1.83. The fourth-order valence-electron chi connectivity index (χ4n) is 7.70. The van der Waals surface area contributed by atoms with E-state index in [2.05, 4.69) is 5.32 Å². The monoisotopic (exact) mass is 717 g/mol. The number of rotatable bonds is 12. The van der Waals surface area contributed by atoms with Crippen molar-refractivity contribution in [2.75, 3.05) is 51.1 Å². The van der Waals surface area contributed by atoms with Gasteiger partial charge in [0.25, 0.3) is 12.3 Å². The Morgan fingerprint density at radius 1 is 1.00 bits per heavy atom. The molecule has 0 radical (unpaired) electrons. The summed E-state index contributed by atoms with van der Waals surface area (Å²) in [5.41, 5.74) is 1.35. The van der Waals surface area contributed by atoms with Crippen molar-refractivity contribution in [2.45, 2.75) is 63.3 Å². The molecule has 0 bridgehead atoms. The lowest BCUT2D eigenvalue weighted by atomic mass is 9.87. The maximum Gasteiger partial charge on any atom is 0.306 e. The van der Waals surface area contributed by atoms with Crippen LogP contribution in [0.15, 0.2) is 42.6 Å². The van der Waals surface area contributed by atoms with E-state index in [1.807, 2.05) is 45.7 Å². The maximum absolute atomic E-state index is 15.9. The number of hydrogen-bond donors (Lipinski definition) is 2. The fourth-order valence-corrected chi connectivity index (χ4v) is 7.93. The normalized spacial score (nSPS) is 22.2. The zero-order valence-corrected chi connectivity index (χ0v) is 28.8. The second-order valence-electron chi connectivity index (χ2n) is 13.6. The Labute approximate surface area is 294 Å². The van der Waals surface area contributed by atoms with Crippen molar-refractivity contribution in [3.63, 3.8) is 0 Å². The van der Waals surface area contributed by atoms with E-state index in [9.17, 15) is 28.3 Å². The number of amides is 1. The number of halogens is 4. The van der Waals surface area contributed by atoms with Gasteiger partial charge in [-0.25, -0.2) is 13.2 Å². The second kappa shape index (κ2) is 15.4. The molecule has 2 aliphatic heterocycles. The number of aromatic nitrogens is 1. The van der Waals surface area contributed by atoms with E-state index in [-0.39, 0.29) is 42.3 Å². The minimum atomic E-state index is -2.49. The molecular formula is C36H43ClF3N5O5. The number of fused-ring (bicyclic) bond motifs is 1. The fraction of sp³-hybridized carbons (Fsp3) is 0.528. The summed E-state index contributed by atoms with van der Waals surface area (Å²) in [6, 6.07) is 9.88. The SMILES string of the molecule is Cn1cc(C(=O)Nc2cc(F)c(CC(=O)C(OC3CCC(C(=O)O)CC3)(N3CCCC3)N3CCN(CC(F)F)CC3)cc2Cl)c2ccccc21. The lowest BCUT2D eigenvalue weighted by Crippen LogP contribution is -2.71. The highest BCUT2D eigenvalue weighted by atomic mass is 35.5. The first kappa shape index (κ1) is 36.3. The zero-order valence-electron chi connectivity index (χ0n) is 28.1. The number of carboxylic acid groups (broad SMARTS) is 1. The number of ether oxygens (including phenoxy) is 1. The average Bonchev–Trinajstić information content (AvgIpc) is 3.75. The van der Waals surface area contributed by atoms with Crippen LogP contribution in [0.3, 0.4) is 0 Å². The molecule has 1 aliphatic carbocycles. The quantitative estimate of drug-likeness (QED) is 0.249. The molecule has 270 valence electrons. The summed E-state index contributed by atoms with van der Waals surface area (Å²) < 4.78 is 51.0. The molecule has 10 nitrogen and oxygen atoms in total. The molecule has 3 heterocycles. The van der Waals surface area contributed by atoms with E-state index < -0.39 is 47.8 Å². The van der Waals surface area contributed by atoms with Gasteiger partial charge >= 0.3 is 5.97 Å². The van der Waals surface area contributed by atoms with Crippen LogP contribution in [0.25, 0.3) is 10.9 Å². The molecule has 14 heteroatoms. The summed E-state index contributed by atoms with van der Waals surface area (Å²) in [6.07, 6.45) is 1.74. The van der Waals surface area contributed by atoms with E-state index in [1.54, 1.807) is 11.1 Å². The summed E-state index contributed by atoms with van der Waals surface area (Å²) in [6.45, 7) is 1.89. The number of aryl methyl sites for hydroxylation is 1. The van der Waals surface area contributed by atoms with Gasteiger partial charge in [0.2, 0.25) is 5.85 Å². The second-order valence-corrected chi connectivity index (χ2v) is 14.0. The molecule has 6 rings (SSSR count). The van der Waals surface area contributed by atoms with E-state index in [4.69, 9.17) is 16.3 Å². The number of benzene rings is 2. The number of ketones is 1. The Morgan fingerprint density at radius 2 is 1.66 bits per heavy atom. The number of carbonyl (C=O) groups is 3. The van der Waals surface area contributed by atoms with E-state index in [0.717, 1.165) is 29.8 Å². The van der Waals surface area contributed by atoms with E-state index in [1.165, 1.54) is 6.07 Å². The van der Waals surface area contributed by atoms with Gasteiger partial charge in [0.1, 0.15) is 5.82 Å². The number of alkyl halides is 2. The number of nitrogens with zero attached hydrogens (tertiary/aromatic N) is 4. The molecule has 0 spiro atoms. The molecule has 2 saturated heterocycles. The number of nitrogens with one attached hydrogen (secondary N) is 1. The van der Waals surface area contributed by atoms with Gasteiger partial charge in [-0.15, -0.1) is 0 Å². The van der Waals surface area contributed by atoms with Crippen molar-refractivity contribution in [1.29, 1.82) is 0 Å². The highest BCUT2D eigenvalue weighted by Gasteiger charge is 2.53. The van der Waals surface area contributed by atoms with Gasteiger partial charge in [-0.1, -0.05) is 29.8 Å². The molecule has 1 amide bonds. The number of carboxylic acids is 1. The van der Waals surface area contributed by atoms with E-state index in [0.29, 0.717) is 57.4 Å². The molecule has 1 unspecified atom stereocenters. The van der Waals surface area contributed by atoms with Crippen LogP contribution in [0, 0.1) is 11.7 Å². The summed E-state index contributed by atoms with van der Waals surface area (Å²) >= 11 is 6.62. The topological polar surface area (TPSA) is 107 Å². The third kappa shape index (κ3) is 7.57. The van der Waals surface area contributed by atoms with Crippen LogP contribution >= 0.6 is 11.6 Å². The Bertz CT molecular complexity index is 1720. The van der Waals surface area contributed by atoms with Crippen molar-refractivity contribution >= 4 is 45.9 Å².